The summed E-state index contributed by atoms with van der Waals surface area (Å²) < 4.78 is 114. The van der Waals surface area contributed by atoms with Crippen LogP contribution in [0.5, 0.6) is 11.5 Å². The molecule has 5 aliphatic heterocycles. The van der Waals surface area contributed by atoms with Gasteiger partial charge in [0.2, 0.25) is 0 Å². The third-order valence-corrected chi connectivity index (χ3v) is 21.1. The van der Waals surface area contributed by atoms with Crippen molar-refractivity contribution >= 4 is 45.5 Å². The van der Waals surface area contributed by atoms with Gasteiger partial charge in [0.15, 0.2) is 0 Å². The van der Waals surface area contributed by atoms with Crippen LogP contribution in [0.4, 0.5) is 80.6 Å². The fourth-order valence-corrected chi connectivity index (χ4v) is 13.8. The number of nitrogens with zero attached hydrogens (tertiary/aromatic N) is 16. The van der Waals surface area contributed by atoms with Crippen LogP contribution in [0.25, 0.3) is 56.3 Å². The summed E-state index contributed by atoms with van der Waals surface area (Å²) in [5, 5.41) is 0. The van der Waals surface area contributed by atoms with Crippen LogP contribution < -0.4 is 48.7 Å². The first-order chi connectivity index (χ1) is 70.7. The number of benzene rings is 12. The first-order valence-electron chi connectivity index (χ1n) is 45.4. The quantitative estimate of drug-likeness (QED) is 0.0715. The van der Waals surface area contributed by atoms with Gasteiger partial charge in [-0.05, 0) is 180 Å². The van der Waals surface area contributed by atoms with Crippen molar-refractivity contribution in [2.75, 3.05) is 115 Å². The Morgan fingerprint density at radius 2 is 0.593 bits per heavy atom. The third kappa shape index (κ3) is 38.2. The molecule has 12 aromatic carbocycles. The van der Waals surface area contributed by atoms with Gasteiger partial charge in [-0.25, -0.2) is 0 Å². The molecule has 768 valence electrons. The monoisotopic (exact) mass is 2900 g/mol. The van der Waals surface area contributed by atoms with Crippen LogP contribution in [0.15, 0.2) is 396 Å². The number of anilines is 8. The molecule has 150 heavy (non-hydrogen) atoms. The molecule has 0 spiro atoms. The first-order valence-corrected chi connectivity index (χ1v) is 45.4. The zero-order valence-corrected chi connectivity index (χ0v) is 93.9. The Morgan fingerprint density at radius 1 is 0.280 bits per heavy atom. The zero-order valence-electron chi connectivity index (χ0n) is 81.9. The van der Waals surface area contributed by atoms with Crippen LogP contribution in [0.2, 0.25) is 0 Å². The maximum Gasteiger partial charge on any atom is 3.00 e. The summed E-state index contributed by atoms with van der Waals surface area (Å²) in [6.45, 7) is 14.7. The minimum atomic E-state index is -0.694. The molecule has 18 nitrogen and oxygen atoms in total. The second-order valence-corrected chi connectivity index (χ2v) is 31.8. The van der Waals surface area contributed by atoms with Crippen molar-refractivity contribution in [3.05, 3.63) is 536 Å². The number of ether oxygens (including phenoxy) is 2. The Morgan fingerprint density at radius 3 is 0.907 bits per heavy atom. The van der Waals surface area contributed by atoms with Gasteiger partial charge in [0.25, 0.3) is 0 Å². The predicted octanol–water partition coefficient (Wildman–Crippen LogP) is 25.3. The molecule has 10 heterocycles. The van der Waals surface area contributed by atoms with Crippen LogP contribution >= 0.6 is 0 Å². The minimum absolute atomic E-state index is 0. The van der Waals surface area contributed by atoms with Gasteiger partial charge in [0, 0.05) is 109 Å². The molecule has 2 saturated heterocycles. The Labute approximate surface area is 941 Å². The number of rotatable bonds is 15. The molecule has 22 rings (SSSR count). The number of hydrogen-bond acceptors (Lipinski definition) is 18. The standard InChI is InChI=1S/2C15H12N2.C13H11F2N2.2C12H8F2NO.C11H6F2N.C11H8N.2C10H12N2.C10H10N2.5Ir/c2*1-3-7-14(8-4-1)16-11-12-17(13-16)15-9-5-2-6-10-15;1-17(2)10-5-6-16-13(8-10)11-4-3-9(14)7-12(11)15;2*1-16-9-4-5-15-12(7-9)10-3-2-8(13)6-11(10)14;12-8-4-5-9(10(13)7-8)11-3-1-2-6-14-11;1-2-6-10(7-3-1)11-8-4-5-9-12-11;3*1-11-7-8-12(9-11)10-5-3-2-4-6-10;;;;;/h2*1-9,11-13H;3,5-8H,1-2H3;2*2,4-7H,1H3;1-4,6-7H;1-6,8-9H;2*2-5,9H,7-8H2,1H3;2-5,7-9H,1H3;;;;;/q2*-2;5*-1;3*-2;5*+3. The van der Waals surface area contributed by atoms with Crippen molar-refractivity contribution in [1.82, 2.24) is 39.6 Å². The maximum atomic E-state index is 13.5. The molecule has 5 aliphatic rings. The molecule has 0 atom stereocenters. The van der Waals surface area contributed by atoms with Crippen molar-refractivity contribution in [1.29, 1.82) is 0 Å². The van der Waals surface area contributed by atoms with Crippen molar-refractivity contribution in [2.24, 2.45) is 0 Å². The summed E-state index contributed by atoms with van der Waals surface area (Å²) in [6.07, 6.45) is 20.0. The predicted molar refractivity (Wildman–Crippen MR) is 558 cm³/mol. The third-order valence-electron chi connectivity index (χ3n) is 21.1. The van der Waals surface area contributed by atoms with Crippen molar-refractivity contribution in [3.8, 4) is 67.8 Å². The molecule has 17 aromatic rings. The van der Waals surface area contributed by atoms with E-state index in [0.717, 1.165) is 131 Å². The van der Waals surface area contributed by atoms with Gasteiger partial charge in [0.05, 0.1) is 14.2 Å². The fraction of sp³-hybridized carbons (Fsp3) is 0.0924. The number of halogens is 8. The van der Waals surface area contributed by atoms with Crippen molar-refractivity contribution in [2.45, 2.75) is 0 Å². The Balaban J connectivity index is 0.000000203. The molecule has 0 radical (unpaired) electrons. The number of hydrogen-bond donors (Lipinski definition) is 0. The molecule has 0 saturated carbocycles. The van der Waals surface area contributed by atoms with Gasteiger partial charge in [0.1, 0.15) is 11.5 Å². The summed E-state index contributed by atoms with van der Waals surface area (Å²) in [5.74, 6) is -4.19. The molecule has 0 N–H and O–H groups in total. The Hall–Kier alpha value is -14.0. The fourth-order valence-electron chi connectivity index (χ4n) is 13.8. The number of para-hydroxylation sites is 7. The molecule has 2 fully saturated rings. The normalized spacial score (nSPS) is 12.6. The van der Waals surface area contributed by atoms with E-state index in [1.807, 2.05) is 297 Å². The Kier molecular flexibility index (Phi) is 52.1. The van der Waals surface area contributed by atoms with Gasteiger partial charge < -0.3 is 88.3 Å². The summed E-state index contributed by atoms with van der Waals surface area (Å²) in [7, 11) is 12.9. The Bertz CT molecular complexity index is 6490. The van der Waals surface area contributed by atoms with Crippen molar-refractivity contribution in [3.63, 3.8) is 0 Å². The topological polar surface area (TPSA) is 119 Å². The summed E-state index contributed by atoms with van der Waals surface area (Å²) in [6, 6.07) is 126. The molecule has 0 bridgehead atoms. The second-order valence-electron chi connectivity index (χ2n) is 31.8. The van der Waals surface area contributed by atoms with Crippen LogP contribution in [0.3, 0.4) is 0 Å². The van der Waals surface area contributed by atoms with Crippen LogP contribution in [-0.2, 0) is 101 Å². The van der Waals surface area contributed by atoms with Crippen LogP contribution in [0.1, 0.15) is 0 Å². The molecular formula is C119H99F8Ir5N16O2. The second kappa shape index (κ2) is 64.4. The SMILES string of the molecule is CN(C)c1ccnc(-c2[c-]cc(F)cc2F)c1.CN1C=CN(c2[c-]cccc2)[CH-]1.CN1[CH-]N(c2[c-]cccc2)CC1.CN1[CH-]N(c2[c-]cccc2)CC1.COc1ccnc(-c2[c-]cc(F)cc2F)c1.COc1ccnc(-c2[c-]cc(F)cc2F)c1.Fc1c[c-]c(-c2ccccn2)c(F)c1.[Ir+3].[Ir+3].[Ir+3].[Ir+3].[Ir+3].[c-]1ccccc1-c1ccccn1.[c-]1ccccc1N1C=CN(c2ccccc2)[CH-]1.[c-]1ccccc1N1C=CN(c2ccccc2)[CH-]1. The number of pyridine rings is 5. The smallest absolute Gasteiger partial charge is 0.528 e. The van der Waals surface area contributed by atoms with E-state index in [1.54, 1.807) is 67.1 Å². The van der Waals surface area contributed by atoms with Crippen molar-refractivity contribution < 1.29 is 145 Å². The van der Waals surface area contributed by atoms with E-state index in [9.17, 15) is 35.1 Å². The van der Waals surface area contributed by atoms with E-state index >= 15 is 0 Å². The number of aromatic nitrogens is 5. The van der Waals surface area contributed by atoms with E-state index in [4.69, 9.17) is 9.47 Å². The molecule has 5 aromatic heterocycles. The van der Waals surface area contributed by atoms with E-state index < -0.39 is 46.5 Å². The van der Waals surface area contributed by atoms with E-state index in [-0.39, 0.29) is 123 Å². The molecular weight excluding hydrogens is 2800 g/mol. The summed E-state index contributed by atoms with van der Waals surface area (Å²) in [5.41, 5.74) is 12.9. The van der Waals surface area contributed by atoms with Crippen LogP contribution in [0, 0.1) is 141 Å². The molecule has 0 aliphatic carbocycles. The molecule has 0 unspecified atom stereocenters. The van der Waals surface area contributed by atoms with Gasteiger partial charge >= 0.3 is 101 Å². The summed E-state index contributed by atoms with van der Waals surface area (Å²) in [4.78, 5) is 43.1. The zero-order chi connectivity index (χ0) is 102. The molecule has 0 amide bonds. The maximum absolute atomic E-state index is 13.5. The largest absolute Gasteiger partial charge is 3.00 e. The average Bonchev–Trinajstić information content (AvgIpc) is 1.48. The van der Waals surface area contributed by atoms with Gasteiger partial charge in [-0.15, -0.1) is 126 Å². The number of likely N-dealkylation sites (N-methyl/N-ethyl adjacent to an activating group) is 2. The minimum Gasteiger partial charge on any atom is -0.528 e. The first kappa shape index (κ1) is 121. The van der Waals surface area contributed by atoms with Gasteiger partial charge in [-0.1, -0.05) is 113 Å². The number of methoxy groups -OCH3 is 2. The van der Waals surface area contributed by atoms with E-state index in [0.29, 0.717) is 34.3 Å². The van der Waals surface area contributed by atoms with Gasteiger partial charge in [-0.2, -0.15) is 172 Å². The van der Waals surface area contributed by atoms with Crippen LogP contribution in [-0.4, -0.2) is 115 Å². The van der Waals surface area contributed by atoms with E-state index in [2.05, 4.69) is 179 Å². The van der Waals surface area contributed by atoms with E-state index in [1.165, 1.54) is 26.6 Å². The summed E-state index contributed by atoms with van der Waals surface area (Å²) >= 11 is 0. The molecule has 31 heteroatoms. The average molecular weight is 2900 g/mol. The van der Waals surface area contributed by atoms with Gasteiger partial charge in [-0.3, -0.25) is 35.1 Å².